The maximum atomic E-state index is 12.3. The van der Waals surface area contributed by atoms with Crippen molar-refractivity contribution in [3.8, 4) is 0 Å². The van der Waals surface area contributed by atoms with Gasteiger partial charge >= 0.3 is 18.2 Å². The smallest absolute Gasteiger partial charge is 0.406 e. The number of nitrogens with one attached hydrogen (secondary N) is 1. The van der Waals surface area contributed by atoms with Crippen LogP contribution in [0.3, 0.4) is 0 Å². The van der Waals surface area contributed by atoms with Gasteiger partial charge in [0.25, 0.3) is 0 Å². The number of halogens is 3. The number of carboxylic acid groups (broad SMARTS) is 1. The maximum Gasteiger partial charge on any atom is 0.406 e. The highest BCUT2D eigenvalue weighted by molar-refractivity contribution is 5.80. The Labute approximate surface area is 114 Å². The Morgan fingerprint density at radius 2 is 2.10 bits per heavy atom. The fourth-order valence-corrected chi connectivity index (χ4v) is 2.13. The molecule has 2 amide bonds. The predicted octanol–water partition coefficient (Wildman–Crippen LogP) is 0.739. The topological polar surface area (TPSA) is 72.9 Å². The summed E-state index contributed by atoms with van der Waals surface area (Å²) in [6.07, 6.45) is -2.80. The Morgan fingerprint density at radius 1 is 1.45 bits per heavy atom. The molecule has 1 aliphatic rings. The van der Waals surface area contributed by atoms with Crippen molar-refractivity contribution in [3.63, 3.8) is 0 Å². The highest BCUT2D eigenvalue weighted by Crippen LogP contribution is 2.17. The molecule has 0 radical (unpaired) electrons. The van der Waals surface area contributed by atoms with Crippen molar-refractivity contribution in [1.82, 2.24) is 15.1 Å². The van der Waals surface area contributed by atoms with E-state index in [1.807, 2.05) is 11.9 Å². The number of hydrogen-bond acceptors (Lipinski definition) is 3. The second kappa shape index (κ2) is 6.78. The van der Waals surface area contributed by atoms with Gasteiger partial charge in [0, 0.05) is 12.6 Å². The molecule has 0 aliphatic carbocycles. The molecule has 1 unspecified atom stereocenters. The highest BCUT2D eigenvalue weighted by Gasteiger charge is 2.34. The number of rotatable bonds is 5. The van der Waals surface area contributed by atoms with Crippen molar-refractivity contribution in [1.29, 1.82) is 0 Å². The molecule has 1 rings (SSSR count). The number of carbonyl (C=O) groups excluding carboxylic acids is 1. The number of amides is 2. The molecular formula is C11H18F3N3O3. The third kappa shape index (κ3) is 5.64. The standard InChI is InChI=1S/C11H18F3N3O3/c1-16-4-2-3-8(16)5-15-10(20)17(6-9(18)19)7-11(12,13)14/h8H,2-7H2,1H3,(H,15,20)(H,18,19). The number of alkyl halides is 3. The first-order chi connectivity index (χ1) is 9.19. The summed E-state index contributed by atoms with van der Waals surface area (Å²) in [6.45, 7) is -1.47. The second-order valence-corrected chi connectivity index (χ2v) is 4.83. The van der Waals surface area contributed by atoms with Gasteiger partial charge in [-0.25, -0.2) is 4.79 Å². The zero-order chi connectivity index (χ0) is 15.3. The SMILES string of the molecule is CN1CCCC1CNC(=O)N(CC(=O)O)CC(F)(F)F. The number of likely N-dealkylation sites (N-methyl/N-ethyl adjacent to an activating group) is 1. The van der Waals surface area contributed by atoms with Crippen molar-refractivity contribution in [2.45, 2.75) is 25.1 Å². The molecule has 0 aromatic carbocycles. The van der Waals surface area contributed by atoms with Crippen LogP contribution in [0.4, 0.5) is 18.0 Å². The van der Waals surface area contributed by atoms with Crippen LogP contribution in [-0.2, 0) is 4.79 Å². The van der Waals surface area contributed by atoms with E-state index in [4.69, 9.17) is 5.11 Å². The van der Waals surface area contributed by atoms with Crippen molar-refractivity contribution in [2.75, 3.05) is 33.2 Å². The van der Waals surface area contributed by atoms with Gasteiger partial charge in [0.1, 0.15) is 13.1 Å². The number of carbonyl (C=O) groups is 2. The monoisotopic (exact) mass is 297 g/mol. The van der Waals surface area contributed by atoms with Crippen molar-refractivity contribution in [2.24, 2.45) is 0 Å². The lowest BCUT2D eigenvalue weighted by atomic mass is 10.2. The molecule has 2 N–H and O–H groups in total. The van der Waals surface area contributed by atoms with Crippen molar-refractivity contribution >= 4 is 12.0 Å². The largest absolute Gasteiger partial charge is 0.480 e. The van der Waals surface area contributed by atoms with E-state index >= 15 is 0 Å². The van der Waals surface area contributed by atoms with E-state index in [1.54, 1.807) is 0 Å². The fourth-order valence-electron chi connectivity index (χ4n) is 2.13. The molecule has 1 heterocycles. The molecule has 20 heavy (non-hydrogen) atoms. The molecule has 1 aliphatic heterocycles. The van der Waals surface area contributed by atoms with Gasteiger partial charge in [-0.2, -0.15) is 13.2 Å². The zero-order valence-electron chi connectivity index (χ0n) is 11.1. The van der Waals surface area contributed by atoms with Gasteiger partial charge in [0.05, 0.1) is 0 Å². The molecule has 1 atom stereocenters. The first kappa shape index (κ1) is 16.5. The van der Waals surface area contributed by atoms with Crippen LogP contribution in [0.15, 0.2) is 0 Å². The lowest BCUT2D eigenvalue weighted by Crippen LogP contribution is -2.49. The summed E-state index contributed by atoms with van der Waals surface area (Å²) >= 11 is 0. The summed E-state index contributed by atoms with van der Waals surface area (Å²) in [5, 5.41) is 10.9. The van der Waals surface area contributed by atoms with Crippen LogP contribution >= 0.6 is 0 Å². The Hall–Kier alpha value is -1.51. The molecule has 0 bridgehead atoms. The number of hydrogen-bond donors (Lipinski definition) is 2. The quantitative estimate of drug-likeness (QED) is 0.785. The Morgan fingerprint density at radius 3 is 2.55 bits per heavy atom. The van der Waals surface area contributed by atoms with Gasteiger partial charge in [-0.1, -0.05) is 0 Å². The third-order valence-electron chi connectivity index (χ3n) is 3.14. The Kier molecular flexibility index (Phi) is 5.61. The lowest BCUT2D eigenvalue weighted by Gasteiger charge is -2.25. The fraction of sp³-hybridized carbons (Fsp3) is 0.818. The minimum absolute atomic E-state index is 0.0801. The van der Waals surface area contributed by atoms with Crippen molar-refractivity contribution < 1.29 is 27.9 Å². The van der Waals surface area contributed by atoms with Gasteiger partial charge in [0.2, 0.25) is 0 Å². The van der Waals surface area contributed by atoms with E-state index in [1.165, 1.54) is 0 Å². The van der Waals surface area contributed by atoms with Gasteiger partial charge in [0.15, 0.2) is 0 Å². The average molecular weight is 297 g/mol. The summed E-state index contributed by atoms with van der Waals surface area (Å²) in [7, 11) is 1.87. The molecule has 116 valence electrons. The van der Waals surface area contributed by atoms with Crippen LogP contribution in [0.5, 0.6) is 0 Å². The predicted molar refractivity (Wildman–Crippen MR) is 64.3 cm³/mol. The van der Waals surface area contributed by atoms with E-state index in [0.717, 1.165) is 19.4 Å². The number of carboxylic acids is 1. The minimum Gasteiger partial charge on any atom is -0.480 e. The molecule has 0 spiro atoms. The molecule has 1 fully saturated rings. The first-order valence-corrected chi connectivity index (χ1v) is 6.20. The molecule has 0 saturated carbocycles. The summed E-state index contributed by atoms with van der Waals surface area (Å²) in [6, 6.07) is -0.929. The summed E-state index contributed by atoms with van der Waals surface area (Å²) in [4.78, 5) is 24.4. The lowest BCUT2D eigenvalue weighted by molar-refractivity contribution is -0.148. The Balaban J connectivity index is 2.51. The van der Waals surface area contributed by atoms with Gasteiger partial charge in [-0.05, 0) is 26.4 Å². The summed E-state index contributed by atoms with van der Waals surface area (Å²) in [5.74, 6) is -1.48. The minimum atomic E-state index is -4.63. The van der Waals surface area contributed by atoms with Gasteiger partial charge in [-0.3, -0.25) is 4.79 Å². The van der Waals surface area contributed by atoms with Crippen LogP contribution < -0.4 is 5.32 Å². The van der Waals surface area contributed by atoms with E-state index < -0.39 is 31.3 Å². The number of nitrogens with zero attached hydrogens (tertiary/aromatic N) is 2. The zero-order valence-corrected chi connectivity index (χ0v) is 11.1. The molecular weight excluding hydrogens is 279 g/mol. The maximum absolute atomic E-state index is 12.3. The van der Waals surface area contributed by atoms with Crippen LogP contribution in [-0.4, -0.2) is 72.4 Å². The molecule has 9 heteroatoms. The number of aliphatic carboxylic acids is 1. The van der Waals surface area contributed by atoms with Crippen LogP contribution in [0.25, 0.3) is 0 Å². The van der Waals surface area contributed by atoms with Gasteiger partial charge in [-0.15, -0.1) is 0 Å². The van der Waals surface area contributed by atoms with Crippen molar-refractivity contribution in [3.05, 3.63) is 0 Å². The third-order valence-corrected chi connectivity index (χ3v) is 3.14. The average Bonchev–Trinajstić information content (AvgIpc) is 2.68. The number of likely N-dealkylation sites (tertiary alicyclic amines) is 1. The number of urea groups is 1. The molecule has 1 saturated heterocycles. The van der Waals surface area contributed by atoms with Crippen LogP contribution in [0.1, 0.15) is 12.8 Å². The summed E-state index contributed by atoms with van der Waals surface area (Å²) in [5.41, 5.74) is 0. The van der Waals surface area contributed by atoms with Crippen LogP contribution in [0, 0.1) is 0 Å². The van der Waals surface area contributed by atoms with Gasteiger partial charge < -0.3 is 20.2 Å². The van der Waals surface area contributed by atoms with E-state index in [-0.39, 0.29) is 17.5 Å². The molecule has 6 nitrogen and oxygen atoms in total. The normalized spacial score (nSPS) is 19.9. The van der Waals surface area contributed by atoms with Crippen LogP contribution in [0.2, 0.25) is 0 Å². The first-order valence-electron chi connectivity index (χ1n) is 6.20. The molecule has 0 aromatic rings. The van der Waals surface area contributed by atoms with E-state index in [0.29, 0.717) is 0 Å². The van der Waals surface area contributed by atoms with E-state index in [9.17, 15) is 22.8 Å². The molecule has 0 aromatic heterocycles. The Bertz CT molecular complexity index is 363. The second-order valence-electron chi connectivity index (χ2n) is 4.83. The summed E-state index contributed by atoms with van der Waals surface area (Å²) < 4.78 is 36.9. The van der Waals surface area contributed by atoms with E-state index in [2.05, 4.69) is 5.32 Å². The highest BCUT2D eigenvalue weighted by atomic mass is 19.4.